The highest BCUT2D eigenvalue weighted by Crippen LogP contribution is 2.59. The minimum absolute atomic E-state index is 0.00556. The number of rotatable bonds is 6. The molecule has 3 aromatic rings. The fourth-order valence-corrected chi connectivity index (χ4v) is 7.88. The van der Waals surface area contributed by atoms with Crippen LogP contribution in [-0.2, 0) is 16.6 Å². The maximum Gasteiger partial charge on any atom is 0.130 e. The molecule has 0 amide bonds. The van der Waals surface area contributed by atoms with Crippen LogP contribution in [0, 0.1) is 0 Å². The second-order valence-electron chi connectivity index (χ2n) is 6.16. The third-order valence-corrected chi connectivity index (χ3v) is 9.90. The molecule has 0 aromatic heterocycles. The van der Waals surface area contributed by atoms with Crippen molar-refractivity contribution in [1.29, 1.82) is 0 Å². The fourth-order valence-electron chi connectivity index (χ4n) is 3.21. The van der Waals surface area contributed by atoms with E-state index in [1.54, 1.807) is 6.92 Å². The Labute approximate surface area is 154 Å². The summed E-state index contributed by atoms with van der Waals surface area (Å²) >= 11 is 6.42. The van der Waals surface area contributed by atoms with Crippen LogP contribution in [-0.4, -0.2) is 5.78 Å². The summed E-state index contributed by atoms with van der Waals surface area (Å²) in [6, 6.07) is 28.7. The van der Waals surface area contributed by atoms with Gasteiger partial charge in [-0.1, -0.05) is 103 Å². The number of benzene rings is 3. The van der Waals surface area contributed by atoms with Crippen LogP contribution in [0.1, 0.15) is 24.6 Å². The lowest BCUT2D eigenvalue weighted by Crippen LogP contribution is -2.22. The van der Waals surface area contributed by atoms with Crippen molar-refractivity contribution >= 4 is 34.2 Å². The summed E-state index contributed by atoms with van der Waals surface area (Å²) in [5, 5.41) is 2.32. The van der Waals surface area contributed by atoms with E-state index in [1.807, 2.05) is 54.6 Å². The molecule has 3 rings (SSSR count). The first-order chi connectivity index (χ1) is 12.1. The maximum absolute atomic E-state index is 12.1. The van der Waals surface area contributed by atoms with Crippen LogP contribution in [0.25, 0.3) is 0 Å². The highest BCUT2D eigenvalue weighted by Gasteiger charge is 2.33. The number of hydrogen-bond donors (Lipinski definition) is 0. The second-order valence-corrected chi connectivity index (χ2v) is 10.9. The van der Waals surface area contributed by atoms with Gasteiger partial charge in [-0.05, 0) is 23.1 Å². The number of carbonyl (C=O) groups excluding carboxylic acids is 1. The molecule has 3 aromatic carbocycles. The number of ketones is 1. The topological polar surface area (TPSA) is 17.1 Å². The molecule has 0 radical (unpaired) electrons. The van der Waals surface area contributed by atoms with Gasteiger partial charge in [-0.2, -0.15) is 0 Å². The lowest BCUT2D eigenvalue weighted by atomic mass is 10.1. The van der Waals surface area contributed by atoms with E-state index in [0.29, 0.717) is 6.42 Å². The summed E-state index contributed by atoms with van der Waals surface area (Å²) in [4.78, 5) is 12.1. The lowest BCUT2D eigenvalue weighted by molar-refractivity contribution is -0.117. The Kier molecular flexibility index (Phi) is 5.63. The van der Waals surface area contributed by atoms with Gasteiger partial charge in [0.2, 0.25) is 0 Å². The summed E-state index contributed by atoms with van der Waals surface area (Å²) < 4.78 is 0. The molecule has 0 aliphatic carbocycles. The van der Waals surface area contributed by atoms with Gasteiger partial charge in [0.05, 0.1) is 0 Å². The molecule has 0 saturated carbocycles. The average molecular weight is 364 g/mol. The molecule has 1 unspecified atom stereocenters. The van der Waals surface area contributed by atoms with Crippen LogP contribution >= 0.6 is 6.04 Å². The Hall–Kier alpha value is -2.02. The summed E-state index contributed by atoms with van der Waals surface area (Å²) in [5.74, 6) is 0.176. The van der Waals surface area contributed by atoms with Gasteiger partial charge in [0, 0.05) is 18.1 Å². The summed E-state index contributed by atoms with van der Waals surface area (Å²) in [7, 11) is 0. The van der Waals surface area contributed by atoms with Crippen molar-refractivity contribution in [2.75, 3.05) is 0 Å². The lowest BCUT2D eigenvalue weighted by Gasteiger charge is -2.32. The first-order valence-electron chi connectivity index (χ1n) is 8.37. The highest BCUT2D eigenvalue weighted by molar-refractivity contribution is 8.22. The zero-order chi connectivity index (χ0) is 17.7. The maximum atomic E-state index is 12.1. The Morgan fingerprint density at radius 3 is 1.60 bits per heavy atom. The van der Waals surface area contributed by atoms with Crippen LogP contribution in [0.3, 0.4) is 0 Å². The first kappa shape index (κ1) is 17.8. The van der Waals surface area contributed by atoms with E-state index in [0.717, 1.165) is 16.2 Å². The highest BCUT2D eigenvalue weighted by atomic mass is 32.4. The molecule has 1 nitrogen and oxygen atoms in total. The number of Topliss-reactive ketones (excluding diaryl/α,β-unsaturated/α-hetero) is 1. The predicted molar refractivity (Wildman–Crippen MR) is 111 cm³/mol. The zero-order valence-electron chi connectivity index (χ0n) is 14.2. The van der Waals surface area contributed by atoms with Gasteiger partial charge in [-0.15, -0.1) is 0 Å². The Morgan fingerprint density at radius 1 is 0.800 bits per heavy atom. The van der Waals surface area contributed by atoms with E-state index < -0.39 is 6.04 Å². The summed E-state index contributed by atoms with van der Waals surface area (Å²) in [5.41, 5.74) is 1.15. The molecule has 0 saturated heterocycles. The smallest absolute Gasteiger partial charge is 0.130 e. The van der Waals surface area contributed by atoms with Crippen molar-refractivity contribution in [3.05, 3.63) is 96.6 Å². The van der Waals surface area contributed by atoms with E-state index in [-0.39, 0.29) is 11.4 Å². The van der Waals surface area contributed by atoms with E-state index >= 15 is 0 Å². The Bertz CT molecular complexity index is 832. The molecular weight excluding hydrogens is 343 g/mol. The van der Waals surface area contributed by atoms with E-state index in [1.165, 1.54) is 0 Å². The molecule has 0 N–H and O–H groups in total. The van der Waals surface area contributed by atoms with Crippen molar-refractivity contribution in [2.45, 2.75) is 19.0 Å². The molecule has 25 heavy (non-hydrogen) atoms. The molecule has 1 atom stereocenters. The van der Waals surface area contributed by atoms with Gasteiger partial charge < -0.3 is 0 Å². The molecular formula is C22H21OPS. The quantitative estimate of drug-likeness (QED) is 0.583. The monoisotopic (exact) mass is 364 g/mol. The van der Waals surface area contributed by atoms with Crippen LogP contribution in [0.15, 0.2) is 91.0 Å². The summed E-state index contributed by atoms with van der Waals surface area (Å²) in [6.07, 6.45) is 0.463. The molecule has 0 bridgehead atoms. The first-order valence-corrected chi connectivity index (χ1v) is 11.2. The van der Waals surface area contributed by atoms with Crippen LogP contribution < -0.4 is 10.6 Å². The predicted octanol–water partition coefficient (Wildman–Crippen LogP) is 4.84. The van der Waals surface area contributed by atoms with Crippen molar-refractivity contribution in [1.82, 2.24) is 0 Å². The van der Waals surface area contributed by atoms with Gasteiger partial charge in [-0.3, -0.25) is 4.79 Å². The third-order valence-electron chi connectivity index (χ3n) is 4.38. The minimum atomic E-state index is -2.20. The van der Waals surface area contributed by atoms with Crippen molar-refractivity contribution < 1.29 is 4.79 Å². The number of carbonyl (C=O) groups is 1. The molecule has 0 spiro atoms. The van der Waals surface area contributed by atoms with Gasteiger partial charge in [0.1, 0.15) is 5.78 Å². The molecule has 3 heteroatoms. The van der Waals surface area contributed by atoms with E-state index in [9.17, 15) is 4.79 Å². The second kappa shape index (κ2) is 7.91. The van der Waals surface area contributed by atoms with Crippen LogP contribution in [0.5, 0.6) is 0 Å². The van der Waals surface area contributed by atoms with Gasteiger partial charge >= 0.3 is 0 Å². The van der Waals surface area contributed by atoms with Crippen LogP contribution in [0.2, 0.25) is 0 Å². The van der Waals surface area contributed by atoms with Crippen molar-refractivity contribution in [3.8, 4) is 0 Å². The normalized spacial score (nSPS) is 12.5. The van der Waals surface area contributed by atoms with Gasteiger partial charge in [0.25, 0.3) is 0 Å². The van der Waals surface area contributed by atoms with Crippen LogP contribution in [0.4, 0.5) is 0 Å². The molecule has 126 valence electrons. The van der Waals surface area contributed by atoms with Crippen molar-refractivity contribution in [3.63, 3.8) is 0 Å². The molecule has 0 fully saturated rings. The standard InChI is InChI=1S/C22H21OPS/c1-18(23)17-22(19-11-5-2-6-12-19)24(25,20-13-7-3-8-14-20)21-15-9-4-10-16-21/h2-16,22H,17H2,1H3. The largest absolute Gasteiger partial charge is 0.300 e. The van der Waals surface area contributed by atoms with Crippen molar-refractivity contribution in [2.24, 2.45) is 0 Å². The molecule has 0 aliphatic rings. The number of hydrogen-bond acceptors (Lipinski definition) is 2. The minimum Gasteiger partial charge on any atom is -0.300 e. The third kappa shape index (κ3) is 3.81. The fraction of sp³-hybridized carbons (Fsp3) is 0.136. The Balaban J connectivity index is 2.25. The van der Waals surface area contributed by atoms with Gasteiger partial charge in [0.15, 0.2) is 0 Å². The SMILES string of the molecule is CC(=O)CC(c1ccccc1)P(=S)(c1ccccc1)c1ccccc1. The Morgan fingerprint density at radius 2 is 1.20 bits per heavy atom. The molecule has 0 heterocycles. The summed E-state index contributed by atoms with van der Waals surface area (Å²) in [6.45, 7) is 1.66. The average Bonchev–Trinajstić information content (AvgIpc) is 2.67. The van der Waals surface area contributed by atoms with E-state index in [2.05, 4.69) is 36.4 Å². The zero-order valence-corrected chi connectivity index (χ0v) is 15.9. The van der Waals surface area contributed by atoms with Gasteiger partial charge in [-0.25, -0.2) is 0 Å². The van der Waals surface area contributed by atoms with E-state index in [4.69, 9.17) is 11.8 Å². The molecule has 0 aliphatic heterocycles.